The molecule has 20 heavy (non-hydrogen) atoms. The van der Waals surface area contributed by atoms with Gasteiger partial charge < -0.3 is 5.32 Å². The fourth-order valence-corrected chi connectivity index (χ4v) is 2.87. The quantitative estimate of drug-likeness (QED) is 0.627. The molecule has 0 saturated carbocycles. The van der Waals surface area contributed by atoms with Crippen molar-refractivity contribution in [3.8, 4) is 0 Å². The third-order valence-corrected chi connectivity index (χ3v) is 4.25. The Bertz CT molecular complexity index is 368. The number of aromatic nitrogens is 1. The monoisotopic (exact) mass is 296 g/mol. The molecule has 0 aliphatic heterocycles. The molecule has 1 heterocycles. The molecule has 0 aromatic carbocycles. The van der Waals surface area contributed by atoms with E-state index in [0.717, 1.165) is 23.9 Å². The number of nitrogens with zero attached hydrogens (tertiary/aromatic N) is 1. The molecule has 3 heteroatoms. The molecule has 0 amide bonds. The maximum absolute atomic E-state index is 6.33. The number of halogens is 1. The second-order valence-corrected chi connectivity index (χ2v) is 5.96. The highest BCUT2D eigenvalue weighted by Gasteiger charge is 2.18. The minimum absolute atomic E-state index is 0.354. The molecular weight excluding hydrogens is 268 g/mol. The third kappa shape index (κ3) is 5.80. The molecule has 1 N–H and O–H groups in total. The molecule has 114 valence electrons. The smallest absolute Gasteiger partial charge is 0.0637 e. The van der Waals surface area contributed by atoms with E-state index in [2.05, 4.69) is 37.1 Å². The summed E-state index contributed by atoms with van der Waals surface area (Å²) in [5.41, 5.74) is 1.20. The van der Waals surface area contributed by atoms with Gasteiger partial charge in [0.15, 0.2) is 0 Å². The van der Waals surface area contributed by atoms with Crippen molar-refractivity contribution < 1.29 is 0 Å². The van der Waals surface area contributed by atoms with Gasteiger partial charge in [0.1, 0.15) is 0 Å². The Kier molecular flexibility index (Phi) is 8.88. The minimum atomic E-state index is 0.354. The molecule has 1 aromatic heterocycles. The van der Waals surface area contributed by atoms with Crippen molar-refractivity contribution in [3.05, 3.63) is 29.0 Å². The number of hydrogen-bond acceptors (Lipinski definition) is 2. The van der Waals surface area contributed by atoms with Crippen molar-refractivity contribution >= 4 is 11.6 Å². The SMILES string of the molecule is CCCCC(CC)CC(NCCC)c1ccncc1Cl. The van der Waals surface area contributed by atoms with Gasteiger partial charge in [-0.2, -0.15) is 0 Å². The van der Waals surface area contributed by atoms with Crippen LogP contribution in [-0.2, 0) is 0 Å². The third-order valence-electron chi connectivity index (χ3n) is 3.93. The Labute approximate surface area is 129 Å². The van der Waals surface area contributed by atoms with Gasteiger partial charge in [0.05, 0.1) is 5.02 Å². The molecule has 1 rings (SSSR count). The second-order valence-electron chi connectivity index (χ2n) is 5.56. The average Bonchev–Trinajstić information content (AvgIpc) is 2.47. The van der Waals surface area contributed by atoms with E-state index in [0.29, 0.717) is 6.04 Å². The topological polar surface area (TPSA) is 24.9 Å². The maximum Gasteiger partial charge on any atom is 0.0637 e. The summed E-state index contributed by atoms with van der Waals surface area (Å²) < 4.78 is 0. The highest BCUT2D eigenvalue weighted by atomic mass is 35.5. The molecule has 0 aliphatic rings. The molecular formula is C17H29ClN2. The van der Waals surface area contributed by atoms with Crippen LogP contribution in [0.1, 0.15) is 70.9 Å². The first-order valence-electron chi connectivity index (χ1n) is 8.05. The number of hydrogen-bond donors (Lipinski definition) is 1. The van der Waals surface area contributed by atoms with E-state index >= 15 is 0 Å². The highest BCUT2D eigenvalue weighted by Crippen LogP contribution is 2.30. The predicted molar refractivity (Wildman–Crippen MR) is 88.2 cm³/mol. The van der Waals surface area contributed by atoms with Crippen LogP contribution in [0.15, 0.2) is 18.5 Å². The van der Waals surface area contributed by atoms with Gasteiger partial charge in [0.25, 0.3) is 0 Å². The largest absolute Gasteiger partial charge is 0.310 e. The fraction of sp³-hybridized carbons (Fsp3) is 0.706. The van der Waals surface area contributed by atoms with Crippen molar-refractivity contribution in [2.24, 2.45) is 5.92 Å². The van der Waals surface area contributed by atoms with Crippen molar-refractivity contribution in [2.75, 3.05) is 6.54 Å². The number of unbranched alkanes of at least 4 members (excludes halogenated alkanes) is 1. The van der Waals surface area contributed by atoms with E-state index in [-0.39, 0.29) is 0 Å². The van der Waals surface area contributed by atoms with Crippen LogP contribution in [0, 0.1) is 5.92 Å². The molecule has 2 atom stereocenters. The van der Waals surface area contributed by atoms with Crippen LogP contribution in [0.3, 0.4) is 0 Å². The van der Waals surface area contributed by atoms with Gasteiger partial charge in [-0.25, -0.2) is 0 Å². The molecule has 0 spiro atoms. The second kappa shape index (κ2) is 10.2. The van der Waals surface area contributed by atoms with Crippen molar-refractivity contribution in [1.82, 2.24) is 10.3 Å². The van der Waals surface area contributed by atoms with Gasteiger partial charge in [0.2, 0.25) is 0 Å². The summed E-state index contributed by atoms with van der Waals surface area (Å²) in [6.07, 6.45) is 11.1. The Morgan fingerprint density at radius 3 is 2.65 bits per heavy atom. The average molecular weight is 297 g/mol. The van der Waals surface area contributed by atoms with Crippen molar-refractivity contribution in [3.63, 3.8) is 0 Å². The molecule has 0 saturated heterocycles. The summed E-state index contributed by atoms with van der Waals surface area (Å²) >= 11 is 6.33. The molecule has 2 nitrogen and oxygen atoms in total. The van der Waals surface area contributed by atoms with Gasteiger partial charge in [-0.3, -0.25) is 4.98 Å². The van der Waals surface area contributed by atoms with E-state index in [1.807, 2.05) is 6.20 Å². The Hall–Kier alpha value is -0.600. The van der Waals surface area contributed by atoms with Gasteiger partial charge in [-0.1, -0.05) is 58.1 Å². The molecule has 0 radical (unpaired) electrons. The summed E-state index contributed by atoms with van der Waals surface area (Å²) in [5, 5.41) is 4.44. The summed E-state index contributed by atoms with van der Waals surface area (Å²) in [7, 11) is 0. The van der Waals surface area contributed by atoms with Crippen LogP contribution in [0.4, 0.5) is 0 Å². The van der Waals surface area contributed by atoms with Crippen LogP contribution in [0.5, 0.6) is 0 Å². The Morgan fingerprint density at radius 1 is 1.25 bits per heavy atom. The fourth-order valence-electron chi connectivity index (χ4n) is 2.62. The number of pyridine rings is 1. The number of rotatable bonds is 10. The molecule has 0 fully saturated rings. The first kappa shape index (κ1) is 17.5. The van der Waals surface area contributed by atoms with Crippen LogP contribution < -0.4 is 5.32 Å². The van der Waals surface area contributed by atoms with Crippen molar-refractivity contribution in [1.29, 1.82) is 0 Å². The van der Waals surface area contributed by atoms with Crippen molar-refractivity contribution in [2.45, 2.75) is 65.3 Å². The van der Waals surface area contributed by atoms with E-state index < -0.39 is 0 Å². The van der Waals surface area contributed by atoms with Crippen LogP contribution in [0.2, 0.25) is 5.02 Å². The summed E-state index contributed by atoms with van der Waals surface area (Å²) in [5.74, 6) is 0.772. The van der Waals surface area contributed by atoms with Crippen LogP contribution in [-0.4, -0.2) is 11.5 Å². The normalized spacial score (nSPS) is 14.2. The lowest BCUT2D eigenvalue weighted by atomic mass is 9.89. The maximum atomic E-state index is 6.33. The summed E-state index contributed by atoms with van der Waals surface area (Å²) in [6.45, 7) is 7.80. The van der Waals surface area contributed by atoms with E-state index in [1.165, 1.54) is 37.7 Å². The lowest BCUT2D eigenvalue weighted by Gasteiger charge is -2.25. The summed E-state index contributed by atoms with van der Waals surface area (Å²) in [4.78, 5) is 4.10. The Balaban J connectivity index is 2.75. The van der Waals surface area contributed by atoms with Gasteiger partial charge in [-0.05, 0) is 36.9 Å². The standard InChI is InChI=1S/C17H29ClN2/c1-4-7-8-14(6-3)12-17(20-10-5-2)15-9-11-19-13-16(15)18/h9,11,13-14,17,20H,4-8,10,12H2,1-3H3. The predicted octanol–water partition coefficient (Wildman–Crippen LogP) is 5.38. The molecule has 0 aliphatic carbocycles. The zero-order valence-corrected chi connectivity index (χ0v) is 13.9. The van der Waals surface area contributed by atoms with Gasteiger partial charge in [-0.15, -0.1) is 0 Å². The van der Waals surface area contributed by atoms with Crippen LogP contribution in [0.25, 0.3) is 0 Å². The minimum Gasteiger partial charge on any atom is -0.310 e. The lowest BCUT2D eigenvalue weighted by molar-refractivity contribution is 0.353. The zero-order chi connectivity index (χ0) is 14.8. The van der Waals surface area contributed by atoms with Gasteiger partial charge >= 0.3 is 0 Å². The lowest BCUT2D eigenvalue weighted by Crippen LogP contribution is -2.25. The van der Waals surface area contributed by atoms with E-state index in [1.54, 1.807) is 6.20 Å². The summed E-state index contributed by atoms with van der Waals surface area (Å²) in [6, 6.07) is 2.41. The van der Waals surface area contributed by atoms with Gasteiger partial charge in [0, 0.05) is 18.4 Å². The molecule has 2 unspecified atom stereocenters. The Morgan fingerprint density at radius 2 is 2.05 bits per heavy atom. The first-order valence-corrected chi connectivity index (χ1v) is 8.43. The molecule has 1 aromatic rings. The zero-order valence-electron chi connectivity index (χ0n) is 13.2. The first-order chi connectivity index (χ1) is 9.72. The van der Waals surface area contributed by atoms with Crippen LogP contribution >= 0.6 is 11.6 Å². The van der Waals surface area contributed by atoms with E-state index in [4.69, 9.17) is 11.6 Å². The molecule has 0 bridgehead atoms. The highest BCUT2D eigenvalue weighted by molar-refractivity contribution is 6.31. The number of nitrogens with one attached hydrogen (secondary N) is 1. The van der Waals surface area contributed by atoms with E-state index in [9.17, 15) is 0 Å².